The molecule has 1 saturated heterocycles. The number of H-pyrrole nitrogens is 1. The van der Waals surface area contributed by atoms with Crippen LogP contribution in [0, 0.1) is 11.8 Å². The van der Waals surface area contributed by atoms with Crippen LogP contribution in [0.5, 0.6) is 0 Å². The third-order valence-electron chi connectivity index (χ3n) is 6.76. The highest BCUT2D eigenvalue weighted by molar-refractivity contribution is 6.99. The number of aliphatic hydroxyl groups excluding tert-OH is 1. The van der Waals surface area contributed by atoms with E-state index in [0.29, 0.717) is 6.42 Å². The standard InChI is InChI=1S/C29H34N2O5Si/c1-5-6-13-21-19-31(28(34)30-27(21)33)26-18-24(32)25(36-26)20-35-37(29(2,3)4,22-14-9-7-10-15-22)23-16-11-8-12-17-23/h7-12,14-17,19,24-26,32H,5,18,20H2,1-4H3,(H,30,33,34)/t24?,25-,26-/m1/s1. The van der Waals surface area contributed by atoms with Crippen molar-refractivity contribution in [1.82, 2.24) is 9.55 Å². The largest absolute Gasteiger partial charge is 0.405 e. The molecule has 0 amide bonds. The summed E-state index contributed by atoms with van der Waals surface area (Å²) < 4.78 is 14.4. The van der Waals surface area contributed by atoms with E-state index in [0.717, 1.165) is 10.4 Å². The van der Waals surface area contributed by atoms with Gasteiger partial charge >= 0.3 is 5.69 Å². The summed E-state index contributed by atoms with van der Waals surface area (Å²) >= 11 is 0. The molecule has 0 bridgehead atoms. The van der Waals surface area contributed by atoms with Gasteiger partial charge in [-0.2, -0.15) is 0 Å². The van der Waals surface area contributed by atoms with Crippen LogP contribution in [0.3, 0.4) is 0 Å². The Labute approximate surface area is 218 Å². The molecular weight excluding hydrogens is 484 g/mol. The molecule has 1 aliphatic rings. The minimum absolute atomic E-state index is 0.158. The number of rotatable bonds is 6. The van der Waals surface area contributed by atoms with Gasteiger partial charge in [-0.15, -0.1) is 0 Å². The maximum absolute atomic E-state index is 12.6. The molecule has 1 aliphatic heterocycles. The summed E-state index contributed by atoms with van der Waals surface area (Å²) in [6, 6.07) is 20.5. The molecule has 3 atom stereocenters. The van der Waals surface area contributed by atoms with E-state index in [1.807, 2.05) is 43.3 Å². The first-order valence-corrected chi connectivity index (χ1v) is 14.5. The predicted octanol–water partition coefficient (Wildman–Crippen LogP) is 2.52. The van der Waals surface area contributed by atoms with Gasteiger partial charge in [0.25, 0.3) is 13.9 Å². The highest BCUT2D eigenvalue weighted by Gasteiger charge is 2.51. The number of aliphatic hydroxyl groups is 1. The Morgan fingerprint density at radius 3 is 2.22 bits per heavy atom. The molecule has 0 spiro atoms. The van der Waals surface area contributed by atoms with Crippen LogP contribution in [0.15, 0.2) is 76.4 Å². The summed E-state index contributed by atoms with van der Waals surface area (Å²) in [7, 11) is -2.82. The first-order valence-electron chi connectivity index (χ1n) is 12.6. The Balaban J connectivity index is 1.65. The lowest BCUT2D eigenvalue weighted by Gasteiger charge is -2.43. The van der Waals surface area contributed by atoms with Crippen molar-refractivity contribution in [1.29, 1.82) is 0 Å². The lowest BCUT2D eigenvalue weighted by atomic mass is 10.2. The molecule has 194 valence electrons. The first kappa shape index (κ1) is 26.8. The zero-order valence-electron chi connectivity index (χ0n) is 21.7. The molecule has 2 N–H and O–H groups in total. The van der Waals surface area contributed by atoms with Crippen molar-refractivity contribution in [2.75, 3.05) is 6.61 Å². The van der Waals surface area contributed by atoms with Crippen LogP contribution in [-0.4, -0.2) is 41.8 Å². The second kappa shape index (κ2) is 11.0. The van der Waals surface area contributed by atoms with E-state index >= 15 is 0 Å². The van der Waals surface area contributed by atoms with Crippen molar-refractivity contribution >= 4 is 18.7 Å². The van der Waals surface area contributed by atoms with Crippen LogP contribution >= 0.6 is 0 Å². The van der Waals surface area contributed by atoms with E-state index in [1.165, 1.54) is 10.8 Å². The van der Waals surface area contributed by atoms with E-state index in [2.05, 4.69) is 61.9 Å². The highest BCUT2D eigenvalue weighted by atomic mass is 28.4. The first-order chi connectivity index (χ1) is 17.7. The minimum atomic E-state index is -2.82. The number of aromatic nitrogens is 2. The number of benzene rings is 2. The zero-order valence-corrected chi connectivity index (χ0v) is 22.7. The van der Waals surface area contributed by atoms with Crippen LogP contribution < -0.4 is 21.6 Å². The smallest absolute Gasteiger partial charge is 0.330 e. The Kier molecular flexibility index (Phi) is 8.00. The fourth-order valence-electron chi connectivity index (χ4n) is 4.98. The average Bonchev–Trinajstić information content (AvgIpc) is 3.24. The summed E-state index contributed by atoms with van der Waals surface area (Å²) in [5, 5.41) is 13.0. The number of hydrogen-bond acceptors (Lipinski definition) is 5. The van der Waals surface area contributed by atoms with Crippen molar-refractivity contribution in [3.8, 4) is 11.8 Å². The van der Waals surface area contributed by atoms with E-state index in [9.17, 15) is 14.7 Å². The Hall–Kier alpha value is -3.22. The third kappa shape index (κ3) is 5.41. The molecule has 2 heterocycles. The summed E-state index contributed by atoms with van der Waals surface area (Å²) in [6.07, 6.45) is -0.0375. The lowest BCUT2D eigenvalue weighted by Crippen LogP contribution is -2.67. The fourth-order valence-corrected chi connectivity index (χ4v) is 9.55. The molecule has 1 aromatic heterocycles. The number of hydrogen-bond donors (Lipinski definition) is 2. The second-order valence-corrected chi connectivity index (χ2v) is 14.6. The molecule has 1 fully saturated rings. The normalized spacial score (nSPS) is 19.9. The Morgan fingerprint density at radius 2 is 1.68 bits per heavy atom. The van der Waals surface area contributed by atoms with Crippen LogP contribution in [0.1, 0.15) is 52.3 Å². The topological polar surface area (TPSA) is 93.6 Å². The van der Waals surface area contributed by atoms with Crippen LogP contribution in [-0.2, 0) is 9.16 Å². The molecule has 8 heteroatoms. The van der Waals surface area contributed by atoms with E-state index < -0.39 is 38.0 Å². The molecule has 1 unspecified atom stereocenters. The molecule has 37 heavy (non-hydrogen) atoms. The van der Waals surface area contributed by atoms with E-state index in [-0.39, 0.29) is 23.6 Å². The molecule has 3 aromatic rings. The fraction of sp³-hybridized carbons (Fsp3) is 0.379. The quantitative estimate of drug-likeness (QED) is 0.386. The summed E-state index contributed by atoms with van der Waals surface area (Å²) in [6.45, 7) is 8.60. The van der Waals surface area contributed by atoms with Gasteiger partial charge in [-0.1, -0.05) is 100 Å². The molecule has 4 rings (SSSR count). The van der Waals surface area contributed by atoms with Crippen molar-refractivity contribution in [2.45, 2.75) is 64.0 Å². The van der Waals surface area contributed by atoms with Gasteiger partial charge in [0.15, 0.2) is 0 Å². The zero-order chi connectivity index (χ0) is 26.6. The van der Waals surface area contributed by atoms with Crippen LogP contribution in [0.2, 0.25) is 5.04 Å². The monoisotopic (exact) mass is 518 g/mol. The summed E-state index contributed by atoms with van der Waals surface area (Å²) in [5.41, 5.74) is -0.948. The van der Waals surface area contributed by atoms with E-state index in [1.54, 1.807) is 0 Å². The number of nitrogens with one attached hydrogen (secondary N) is 1. The number of nitrogens with zero attached hydrogens (tertiary/aromatic N) is 1. The summed E-state index contributed by atoms with van der Waals surface area (Å²) in [5.74, 6) is 5.63. The maximum Gasteiger partial charge on any atom is 0.330 e. The molecular formula is C29H34N2O5Si. The van der Waals surface area contributed by atoms with Gasteiger partial charge in [-0.3, -0.25) is 14.3 Å². The summed E-state index contributed by atoms with van der Waals surface area (Å²) in [4.78, 5) is 27.0. The van der Waals surface area contributed by atoms with Crippen molar-refractivity contribution in [3.63, 3.8) is 0 Å². The number of ether oxygens (including phenoxy) is 1. The van der Waals surface area contributed by atoms with Gasteiger partial charge in [0.1, 0.15) is 17.9 Å². The molecule has 0 radical (unpaired) electrons. The number of aromatic amines is 1. The highest BCUT2D eigenvalue weighted by Crippen LogP contribution is 2.38. The van der Waals surface area contributed by atoms with Gasteiger partial charge in [0, 0.05) is 19.0 Å². The molecule has 0 saturated carbocycles. The Bertz CT molecular complexity index is 1340. The third-order valence-corrected chi connectivity index (χ3v) is 11.8. The predicted molar refractivity (Wildman–Crippen MR) is 147 cm³/mol. The van der Waals surface area contributed by atoms with E-state index in [4.69, 9.17) is 9.16 Å². The van der Waals surface area contributed by atoms with Crippen LogP contribution in [0.4, 0.5) is 0 Å². The van der Waals surface area contributed by atoms with Gasteiger partial charge in [0.05, 0.1) is 12.7 Å². The van der Waals surface area contributed by atoms with Gasteiger partial charge in [-0.05, 0) is 15.4 Å². The molecule has 2 aromatic carbocycles. The minimum Gasteiger partial charge on any atom is -0.405 e. The lowest BCUT2D eigenvalue weighted by molar-refractivity contribution is -0.0426. The second-order valence-electron chi connectivity index (χ2n) is 10.3. The van der Waals surface area contributed by atoms with Gasteiger partial charge < -0.3 is 14.3 Å². The molecule has 0 aliphatic carbocycles. The average molecular weight is 519 g/mol. The Morgan fingerprint density at radius 1 is 1.08 bits per heavy atom. The van der Waals surface area contributed by atoms with Crippen molar-refractivity contribution in [2.24, 2.45) is 0 Å². The van der Waals surface area contributed by atoms with Crippen molar-refractivity contribution < 1.29 is 14.3 Å². The SMILES string of the molecule is CCC#Cc1cn([C@H]2CC(O)[C@@H](CO[Si](c3ccccc3)(c3ccccc3)C(C)(C)C)O2)c(=O)[nH]c1=O. The van der Waals surface area contributed by atoms with Crippen molar-refractivity contribution in [3.05, 3.63) is 93.3 Å². The van der Waals surface area contributed by atoms with Gasteiger partial charge in [0.2, 0.25) is 0 Å². The maximum atomic E-state index is 12.6. The molecule has 7 nitrogen and oxygen atoms in total. The van der Waals surface area contributed by atoms with Gasteiger partial charge in [-0.25, -0.2) is 4.79 Å². The van der Waals surface area contributed by atoms with Crippen LogP contribution in [0.25, 0.3) is 0 Å².